The van der Waals surface area contributed by atoms with Crippen molar-refractivity contribution in [1.29, 1.82) is 0 Å². The SMILES string of the molecule is CSCCN(C)CCOC1(C)CC1. The molecule has 0 N–H and O–H groups in total. The lowest BCUT2D eigenvalue weighted by Crippen LogP contribution is -2.27. The van der Waals surface area contributed by atoms with Crippen molar-refractivity contribution in [2.45, 2.75) is 25.4 Å². The van der Waals surface area contributed by atoms with Crippen LogP contribution in [0.2, 0.25) is 0 Å². The first kappa shape index (κ1) is 11.3. The highest BCUT2D eigenvalue weighted by atomic mass is 32.2. The lowest BCUT2D eigenvalue weighted by atomic mass is 10.4. The highest BCUT2D eigenvalue weighted by Gasteiger charge is 2.38. The van der Waals surface area contributed by atoms with Gasteiger partial charge in [-0.25, -0.2) is 0 Å². The third-order valence-electron chi connectivity index (χ3n) is 2.55. The van der Waals surface area contributed by atoms with E-state index < -0.39 is 0 Å². The van der Waals surface area contributed by atoms with Crippen molar-refractivity contribution in [2.75, 3.05) is 38.8 Å². The number of hydrogen-bond acceptors (Lipinski definition) is 3. The van der Waals surface area contributed by atoms with E-state index in [4.69, 9.17) is 4.74 Å². The molecule has 0 bridgehead atoms. The molecule has 78 valence electrons. The first-order chi connectivity index (χ1) is 6.16. The molecule has 0 saturated heterocycles. The van der Waals surface area contributed by atoms with Crippen LogP contribution < -0.4 is 0 Å². The second kappa shape index (κ2) is 5.23. The molecule has 0 heterocycles. The van der Waals surface area contributed by atoms with Crippen LogP contribution in [0.5, 0.6) is 0 Å². The molecular formula is C10H21NOS. The van der Waals surface area contributed by atoms with Crippen LogP contribution in [0.4, 0.5) is 0 Å². The maximum absolute atomic E-state index is 5.74. The predicted octanol–water partition coefficient (Wildman–Crippen LogP) is 1.85. The average molecular weight is 203 g/mol. The maximum atomic E-state index is 5.74. The maximum Gasteiger partial charge on any atom is 0.0657 e. The summed E-state index contributed by atoms with van der Waals surface area (Å²) in [6, 6.07) is 0. The number of hydrogen-bond donors (Lipinski definition) is 0. The fourth-order valence-electron chi connectivity index (χ4n) is 1.13. The number of rotatable bonds is 7. The minimum Gasteiger partial charge on any atom is -0.374 e. The summed E-state index contributed by atoms with van der Waals surface area (Å²) in [7, 11) is 2.16. The van der Waals surface area contributed by atoms with Crippen molar-refractivity contribution in [2.24, 2.45) is 0 Å². The van der Waals surface area contributed by atoms with E-state index in [1.54, 1.807) is 0 Å². The summed E-state index contributed by atoms with van der Waals surface area (Å²) in [5.74, 6) is 1.22. The van der Waals surface area contributed by atoms with Gasteiger partial charge >= 0.3 is 0 Å². The van der Waals surface area contributed by atoms with Gasteiger partial charge in [0.05, 0.1) is 12.2 Å². The fraction of sp³-hybridized carbons (Fsp3) is 1.00. The molecule has 0 unspecified atom stereocenters. The van der Waals surface area contributed by atoms with Gasteiger partial charge in [-0.3, -0.25) is 0 Å². The molecule has 0 aliphatic heterocycles. The molecule has 0 aromatic rings. The molecular weight excluding hydrogens is 182 g/mol. The second-order valence-corrected chi connectivity index (χ2v) is 5.08. The first-order valence-corrected chi connectivity index (χ1v) is 6.37. The van der Waals surface area contributed by atoms with Crippen LogP contribution in [0, 0.1) is 0 Å². The van der Waals surface area contributed by atoms with Gasteiger partial charge in [-0.1, -0.05) is 0 Å². The van der Waals surface area contributed by atoms with Gasteiger partial charge in [0.15, 0.2) is 0 Å². The molecule has 1 saturated carbocycles. The highest BCUT2D eigenvalue weighted by Crippen LogP contribution is 2.38. The van der Waals surface area contributed by atoms with Crippen LogP contribution in [0.25, 0.3) is 0 Å². The fourth-order valence-corrected chi connectivity index (χ4v) is 1.62. The molecule has 2 nitrogen and oxygen atoms in total. The molecule has 0 aromatic carbocycles. The van der Waals surface area contributed by atoms with Crippen molar-refractivity contribution in [3.8, 4) is 0 Å². The Morgan fingerprint density at radius 3 is 2.62 bits per heavy atom. The van der Waals surface area contributed by atoms with E-state index >= 15 is 0 Å². The minimum absolute atomic E-state index is 0.250. The van der Waals surface area contributed by atoms with E-state index in [1.807, 2.05) is 11.8 Å². The van der Waals surface area contributed by atoms with Crippen molar-refractivity contribution in [3.05, 3.63) is 0 Å². The van der Waals surface area contributed by atoms with Crippen LogP contribution >= 0.6 is 11.8 Å². The first-order valence-electron chi connectivity index (χ1n) is 4.98. The average Bonchev–Trinajstić information content (AvgIpc) is 2.80. The van der Waals surface area contributed by atoms with Crippen LogP contribution in [-0.2, 0) is 4.74 Å². The summed E-state index contributed by atoms with van der Waals surface area (Å²) in [6.07, 6.45) is 4.65. The van der Waals surface area contributed by atoms with Gasteiger partial charge in [0.1, 0.15) is 0 Å². The zero-order chi connectivity index (χ0) is 9.73. The predicted molar refractivity (Wildman–Crippen MR) is 59.5 cm³/mol. The zero-order valence-electron chi connectivity index (χ0n) is 9.01. The highest BCUT2D eigenvalue weighted by molar-refractivity contribution is 7.98. The molecule has 1 rings (SSSR count). The summed E-state index contributed by atoms with van der Waals surface area (Å²) in [5.41, 5.74) is 0.250. The summed E-state index contributed by atoms with van der Waals surface area (Å²) in [4.78, 5) is 2.34. The van der Waals surface area contributed by atoms with Crippen molar-refractivity contribution in [1.82, 2.24) is 4.90 Å². The lowest BCUT2D eigenvalue weighted by molar-refractivity contribution is 0.0354. The van der Waals surface area contributed by atoms with Gasteiger partial charge < -0.3 is 9.64 Å². The Kier molecular flexibility index (Phi) is 4.56. The molecule has 0 atom stereocenters. The summed E-state index contributed by atoms with van der Waals surface area (Å²) in [6.45, 7) is 5.33. The van der Waals surface area contributed by atoms with Crippen molar-refractivity contribution in [3.63, 3.8) is 0 Å². The van der Waals surface area contributed by atoms with Crippen molar-refractivity contribution >= 4 is 11.8 Å². The largest absolute Gasteiger partial charge is 0.374 e. The Labute approximate surface area is 86.0 Å². The summed E-state index contributed by atoms with van der Waals surface area (Å²) in [5, 5.41) is 0. The molecule has 0 aromatic heterocycles. The third kappa shape index (κ3) is 4.89. The molecule has 1 fully saturated rings. The molecule has 13 heavy (non-hydrogen) atoms. The monoisotopic (exact) mass is 203 g/mol. The van der Waals surface area contributed by atoms with Gasteiger partial charge in [-0.2, -0.15) is 11.8 Å². The molecule has 1 aliphatic carbocycles. The summed E-state index contributed by atoms with van der Waals surface area (Å²) >= 11 is 1.90. The smallest absolute Gasteiger partial charge is 0.0657 e. The number of ether oxygens (including phenoxy) is 1. The normalized spacial score (nSPS) is 19.4. The van der Waals surface area contributed by atoms with Crippen LogP contribution in [-0.4, -0.2) is 49.3 Å². The molecule has 0 amide bonds. The van der Waals surface area contributed by atoms with Crippen molar-refractivity contribution < 1.29 is 4.74 Å². The quantitative estimate of drug-likeness (QED) is 0.626. The standard InChI is InChI=1S/C10H21NOS/c1-10(4-5-10)12-8-6-11(2)7-9-13-3/h4-9H2,1-3H3. The Morgan fingerprint density at radius 2 is 2.08 bits per heavy atom. The van der Waals surface area contributed by atoms with Crippen LogP contribution in [0.3, 0.4) is 0 Å². The van der Waals surface area contributed by atoms with E-state index in [9.17, 15) is 0 Å². The molecule has 1 aliphatic rings. The Bertz CT molecular complexity index is 148. The van der Waals surface area contributed by atoms with Crippen LogP contribution in [0.1, 0.15) is 19.8 Å². The van der Waals surface area contributed by atoms with Gasteiger partial charge in [0, 0.05) is 18.8 Å². The second-order valence-electron chi connectivity index (χ2n) is 4.09. The molecule has 0 spiro atoms. The Morgan fingerprint density at radius 1 is 1.38 bits per heavy atom. The zero-order valence-corrected chi connectivity index (χ0v) is 9.82. The number of thioether (sulfide) groups is 1. The van der Waals surface area contributed by atoms with E-state index in [0.29, 0.717) is 0 Å². The number of likely N-dealkylation sites (N-methyl/N-ethyl adjacent to an activating group) is 1. The lowest BCUT2D eigenvalue weighted by Gasteiger charge is -2.17. The molecule has 0 radical (unpaired) electrons. The van der Waals surface area contributed by atoms with E-state index in [1.165, 1.54) is 25.1 Å². The van der Waals surface area contributed by atoms with E-state index in [-0.39, 0.29) is 5.60 Å². The Hall–Kier alpha value is 0.270. The van der Waals surface area contributed by atoms with E-state index in [2.05, 4.69) is 25.1 Å². The van der Waals surface area contributed by atoms with Gasteiger partial charge in [0.25, 0.3) is 0 Å². The number of nitrogens with zero attached hydrogens (tertiary/aromatic N) is 1. The summed E-state index contributed by atoms with van der Waals surface area (Å²) < 4.78 is 5.74. The topological polar surface area (TPSA) is 12.5 Å². The third-order valence-corrected chi connectivity index (χ3v) is 3.15. The minimum atomic E-state index is 0.250. The van der Waals surface area contributed by atoms with Gasteiger partial charge in [-0.15, -0.1) is 0 Å². The molecule has 3 heteroatoms. The van der Waals surface area contributed by atoms with Gasteiger partial charge in [-0.05, 0) is 33.1 Å². The van der Waals surface area contributed by atoms with Gasteiger partial charge in [0.2, 0.25) is 0 Å². The Balaban J connectivity index is 1.92. The van der Waals surface area contributed by atoms with Crippen LogP contribution in [0.15, 0.2) is 0 Å². The van der Waals surface area contributed by atoms with E-state index in [0.717, 1.165) is 13.2 Å².